The zero-order chi connectivity index (χ0) is 18.1. The summed E-state index contributed by atoms with van der Waals surface area (Å²) < 4.78 is 29.4. The summed E-state index contributed by atoms with van der Waals surface area (Å²) in [6.45, 7) is 0.335. The lowest BCUT2D eigenvalue weighted by Gasteiger charge is -2.10. The van der Waals surface area contributed by atoms with Crippen LogP contribution < -0.4 is 15.8 Å². The highest BCUT2D eigenvalue weighted by molar-refractivity contribution is 14.0. The van der Waals surface area contributed by atoms with Crippen LogP contribution in [0.1, 0.15) is 12.0 Å². The topological polar surface area (TPSA) is 93.8 Å². The Labute approximate surface area is 171 Å². The lowest BCUT2D eigenvalue weighted by molar-refractivity contribution is 0.417. The molecular formula is C18H24IN3O3S. The smallest absolute Gasteiger partial charge is 0.193 e. The number of anilines is 1. The molecule has 0 aliphatic carbocycles. The van der Waals surface area contributed by atoms with Crippen molar-refractivity contribution < 1.29 is 13.2 Å². The van der Waals surface area contributed by atoms with Crippen molar-refractivity contribution in [2.24, 2.45) is 10.7 Å². The molecule has 0 bridgehead atoms. The highest BCUT2D eigenvalue weighted by Crippen LogP contribution is 2.22. The molecule has 0 fully saturated rings. The van der Waals surface area contributed by atoms with Crippen LogP contribution in [-0.4, -0.2) is 33.8 Å². The fourth-order valence-electron chi connectivity index (χ4n) is 2.31. The zero-order valence-electron chi connectivity index (χ0n) is 14.6. The summed E-state index contributed by atoms with van der Waals surface area (Å²) in [4.78, 5) is 4.17. The lowest BCUT2D eigenvalue weighted by Crippen LogP contribution is -2.23. The van der Waals surface area contributed by atoms with Crippen LogP contribution in [0.3, 0.4) is 0 Å². The number of sulfone groups is 1. The standard InChI is InChI=1S/C18H23N3O3S.HI/c1-24-17-11-6-5-10-16(17)21-18(19)20-12-7-13-25(22,23)14-15-8-3-2-4-9-15;/h2-6,8-11H,7,12-14H2,1H3,(H3,19,20,21);1H. The quantitative estimate of drug-likeness (QED) is 0.257. The first-order valence-electron chi connectivity index (χ1n) is 7.94. The molecule has 0 unspecified atom stereocenters. The van der Waals surface area contributed by atoms with Gasteiger partial charge in [-0.15, -0.1) is 24.0 Å². The second kappa shape index (κ2) is 11.0. The number of hydrogen-bond donors (Lipinski definition) is 2. The Kier molecular flexibility index (Phi) is 9.42. The minimum absolute atomic E-state index is 0. The van der Waals surface area contributed by atoms with Gasteiger partial charge < -0.3 is 15.8 Å². The van der Waals surface area contributed by atoms with Crippen molar-refractivity contribution in [2.45, 2.75) is 12.2 Å². The molecule has 0 spiro atoms. The van der Waals surface area contributed by atoms with Crippen LogP contribution in [0.25, 0.3) is 0 Å². The number of methoxy groups -OCH3 is 1. The van der Waals surface area contributed by atoms with E-state index in [4.69, 9.17) is 10.5 Å². The third kappa shape index (κ3) is 7.61. The Morgan fingerprint density at radius 2 is 1.77 bits per heavy atom. The van der Waals surface area contributed by atoms with Gasteiger partial charge in [0, 0.05) is 6.54 Å². The van der Waals surface area contributed by atoms with Crippen molar-refractivity contribution in [1.82, 2.24) is 0 Å². The first-order chi connectivity index (χ1) is 12.0. The number of benzene rings is 2. The van der Waals surface area contributed by atoms with Gasteiger partial charge >= 0.3 is 0 Å². The van der Waals surface area contributed by atoms with E-state index in [1.54, 1.807) is 7.11 Å². The summed E-state index contributed by atoms with van der Waals surface area (Å²) in [7, 11) is -1.58. The Morgan fingerprint density at radius 1 is 1.12 bits per heavy atom. The molecule has 0 saturated heterocycles. The zero-order valence-corrected chi connectivity index (χ0v) is 17.7. The van der Waals surface area contributed by atoms with Gasteiger partial charge in [-0.25, -0.2) is 8.42 Å². The van der Waals surface area contributed by atoms with Crippen molar-refractivity contribution in [3.05, 3.63) is 60.2 Å². The number of nitrogens with two attached hydrogens (primary N) is 1. The monoisotopic (exact) mass is 489 g/mol. The largest absolute Gasteiger partial charge is 0.495 e. The maximum atomic E-state index is 12.1. The first-order valence-corrected chi connectivity index (χ1v) is 9.76. The molecule has 2 aromatic carbocycles. The molecule has 0 aromatic heterocycles. The maximum absolute atomic E-state index is 12.1. The van der Waals surface area contributed by atoms with Crippen LogP contribution in [0.5, 0.6) is 5.75 Å². The van der Waals surface area contributed by atoms with E-state index in [1.165, 1.54) is 0 Å². The summed E-state index contributed by atoms with van der Waals surface area (Å²) in [6.07, 6.45) is 0.420. The second-order valence-electron chi connectivity index (χ2n) is 5.52. The number of halogens is 1. The molecule has 26 heavy (non-hydrogen) atoms. The second-order valence-corrected chi connectivity index (χ2v) is 7.71. The molecule has 3 N–H and O–H groups in total. The number of guanidine groups is 1. The van der Waals surface area contributed by atoms with Crippen molar-refractivity contribution in [3.63, 3.8) is 0 Å². The minimum Gasteiger partial charge on any atom is -0.495 e. The Morgan fingerprint density at radius 3 is 2.46 bits per heavy atom. The van der Waals surface area contributed by atoms with E-state index >= 15 is 0 Å². The Balaban J connectivity index is 0.00000338. The summed E-state index contributed by atoms with van der Waals surface area (Å²) in [5.74, 6) is 1.01. The molecule has 2 rings (SSSR count). The molecule has 0 aliphatic rings. The average molecular weight is 489 g/mol. The maximum Gasteiger partial charge on any atom is 0.193 e. The van der Waals surface area contributed by atoms with Gasteiger partial charge in [0.15, 0.2) is 15.8 Å². The van der Waals surface area contributed by atoms with Gasteiger partial charge in [-0.3, -0.25) is 4.99 Å². The molecule has 2 aromatic rings. The molecule has 0 heterocycles. The van der Waals surface area contributed by atoms with Gasteiger partial charge in [0.1, 0.15) is 5.75 Å². The molecule has 6 nitrogen and oxygen atoms in total. The number of hydrogen-bond acceptors (Lipinski definition) is 4. The van der Waals surface area contributed by atoms with Gasteiger partial charge in [-0.1, -0.05) is 42.5 Å². The fourth-order valence-corrected chi connectivity index (χ4v) is 3.72. The summed E-state index contributed by atoms with van der Waals surface area (Å²) in [6, 6.07) is 16.5. The van der Waals surface area contributed by atoms with Crippen LogP contribution in [0.4, 0.5) is 5.69 Å². The number of nitrogens with zero attached hydrogens (tertiary/aromatic N) is 1. The van der Waals surface area contributed by atoms with Crippen molar-refractivity contribution in [1.29, 1.82) is 0 Å². The molecule has 0 aliphatic heterocycles. The van der Waals surface area contributed by atoms with Gasteiger partial charge in [0.2, 0.25) is 0 Å². The predicted molar refractivity (Wildman–Crippen MR) is 117 cm³/mol. The normalized spacial score (nSPS) is 11.5. The number of ether oxygens (including phenoxy) is 1. The number of rotatable bonds is 8. The number of aliphatic imine (C=N–C) groups is 1. The molecule has 8 heteroatoms. The van der Waals surface area contributed by atoms with Gasteiger partial charge in [-0.05, 0) is 24.1 Å². The van der Waals surface area contributed by atoms with Crippen LogP contribution in [0.15, 0.2) is 59.6 Å². The van der Waals surface area contributed by atoms with E-state index in [9.17, 15) is 8.42 Å². The predicted octanol–water partition coefficient (Wildman–Crippen LogP) is 3.04. The Hall–Kier alpha value is -1.81. The van der Waals surface area contributed by atoms with Crippen molar-refractivity contribution in [2.75, 3.05) is 24.7 Å². The fraction of sp³-hybridized carbons (Fsp3) is 0.278. The molecule has 0 saturated carbocycles. The average Bonchev–Trinajstić information content (AvgIpc) is 2.60. The number of nitrogens with one attached hydrogen (secondary N) is 1. The Bertz CT molecular complexity index is 811. The molecule has 0 amide bonds. The highest BCUT2D eigenvalue weighted by Gasteiger charge is 2.11. The molecule has 0 atom stereocenters. The third-order valence-electron chi connectivity index (χ3n) is 3.49. The summed E-state index contributed by atoms with van der Waals surface area (Å²) in [5, 5.41) is 2.95. The van der Waals surface area contributed by atoms with Crippen molar-refractivity contribution >= 4 is 45.5 Å². The minimum atomic E-state index is -3.15. The van der Waals surface area contributed by atoms with Gasteiger partial charge in [0.25, 0.3) is 0 Å². The van der Waals surface area contributed by atoms with Crippen LogP contribution in [0.2, 0.25) is 0 Å². The van der Waals surface area contributed by atoms with E-state index < -0.39 is 9.84 Å². The van der Waals surface area contributed by atoms with E-state index in [0.29, 0.717) is 24.4 Å². The van der Waals surface area contributed by atoms with Crippen LogP contribution in [0, 0.1) is 0 Å². The number of para-hydroxylation sites is 2. The van der Waals surface area contributed by atoms with Crippen LogP contribution in [-0.2, 0) is 15.6 Å². The molecular weight excluding hydrogens is 465 g/mol. The summed E-state index contributed by atoms with van der Waals surface area (Å²) in [5.41, 5.74) is 7.34. The SMILES string of the molecule is COc1ccccc1NC(N)=NCCCS(=O)(=O)Cc1ccccc1.I. The van der Waals surface area contributed by atoms with E-state index in [0.717, 1.165) is 5.56 Å². The van der Waals surface area contributed by atoms with Gasteiger partial charge in [-0.2, -0.15) is 0 Å². The van der Waals surface area contributed by atoms with Crippen LogP contribution >= 0.6 is 24.0 Å². The van der Waals surface area contributed by atoms with E-state index in [1.807, 2.05) is 54.6 Å². The molecule has 0 radical (unpaired) electrons. The van der Waals surface area contributed by atoms with E-state index in [2.05, 4.69) is 10.3 Å². The summed E-state index contributed by atoms with van der Waals surface area (Å²) >= 11 is 0. The first kappa shape index (κ1) is 22.2. The van der Waals surface area contributed by atoms with Gasteiger partial charge in [0.05, 0.1) is 24.3 Å². The third-order valence-corrected chi connectivity index (χ3v) is 5.18. The van der Waals surface area contributed by atoms with E-state index in [-0.39, 0.29) is 41.4 Å². The van der Waals surface area contributed by atoms with Crippen molar-refractivity contribution in [3.8, 4) is 5.75 Å². The lowest BCUT2D eigenvalue weighted by atomic mass is 10.2. The molecule has 142 valence electrons. The highest BCUT2D eigenvalue weighted by atomic mass is 127.